The lowest BCUT2D eigenvalue weighted by Gasteiger charge is -2.33. The molecule has 3 heteroatoms. The average molecular weight is 318 g/mol. The fraction of sp³-hybridized carbons (Fsp3) is 0.650. The minimum absolute atomic E-state index is 0.0405. The molecule has 1 atom stereocenters. The first-order chi connectivity index (χ1) is 11.1. The van der Waals surface area contributed by atoms with E-state index in [2.05, 4.69) is 13.8 Å². The summed E-state index contributed by atoms with van der Waals surface area (Å²) in [7, 11) is 0. The summed E-state index contributed by atoms with van der Waals surface area (Å²) in [5.74, 6) is -0.496. The van der Waals surface area contributed by atoms with Gasteiger partial charge in [-0.3, -0.25) is 0 Å². The van der Waals surface area contributed by atoms with Crippen LogP contribution >= 0.6 is 0 Å². The second-order valence-electron chi connectivity index (χ2n) is 6.72. The highest BCUT2D eigenvalue weighted by atomic mass is 16.6. The Labute approximate surface area is 140 Å². The lowest BCUT2D eigenvalue weighted by molar-refractivity contribution is -0.180. The maximum absolute atomic E-state index is 12.9. The van der Waals surface area contributed by atoms with Crippen LogP contribution in [-0.2, 0) is 15.1 Å². The smallest absolute Gasteiger partial charge is 0.343 e. The molecule has 1 aliphatic rings. The Balaban J connectivity index is 2.24. The van der Waals surface area contributed by atoms with Gasteiger partial charge in [0.25, 0.3) is 0 Å². The molecular formula is C20H30O3. The molecule has 3 nitrogen and oxygen atoms in total. The molecule has 128 valence electrons. The van der Waals surface area contributed by atoms with Crippen molar-refractivity contribution in [3.63, 3.8) is 0 Å². The summed E-state index contributed by atoms with van der Waals surface area (Å²) in [5.41, 5.74) is -0.832. The van der Waals surface area contributed by atoms with Gasteiger partial charge in [0, 0.05) is 5.92 Å². The quantitative estimate of drug-likeness (QED) is 0.714. The summed E-state index contributed by atoms with van der Waals surface area (Å²) in [6, 6.07) is 9.33. The van der Waals surface area contributed by atoms with Gasteiger partial charge in [-0.15, -0.1) is 0 Å². The molecular weight excluding hydrogens is 288 g/mol. The van der Waals surface area contributed by atoms with E-state index in [4.69, 9.17) is 4.74 Å². The number of hydrogen-bond donors (Lipinski definition) is 1. The van der Waals surface area contributed by atoms with Gasteiger partial charge in [0.15, 0.2) is 5.60 Å². The second kappa shape index (κ2) is 8.49. The Hall–Kier alpha value is -1.35. The number of rotatable bonds is 8. The lowest BCUT2D eigenvalue weighted by atomic mass is 9.80. The number of hydrogen-bond acceptors (Lipinski definition) is 3. The Morgan fingerprint density at radius 1 is 1.17 bits per heavy atom. The van der Waals surface area contributed by atoms with Crippen molar-refractivity contribution in [2.75, 3.05) is 0 Å². The Morgan fingerprint density at radius 3 is 2.26 bits per heavy atom. The third kappa shape index (κ3) is 4.14. The Morgan fingerprint density at radius 2 is 1.74 bits per heavy atom. The van der Waals surface area contributed by atoms with E-state index < -0.39 is 11.6 Å². The topological polar surface area (TPSA) is 46.5 Å². The van der Waals surface area contributed by atoms with Crippen molar-refractivity contribution in [2.45, 2.75) is 76.9 Å². The van der Waals surface area contributed by atoms with E-state index in [1.165, 1.54) is 0 Å². The fourth-order valence-electron chi connectivity index (χ4n) is 3.70. The number of ether oxygens (including phenoxy) is 1. The van der Waals surface area contributed by atoms with E-state index in [9.17, 15) is 9.90 Å². The van der Waals surface area contributed by atoms with Crippen LogP contribution in [0.3, 0.4) is 0 Å². The molecule has 1 N–H and O–H groups in total. The number of aliphatic hydroxyl groups is 1. The zero-order valence-corrected chi connectivity index (χ0v) is 14.5. The molecule has 0 heterocycles. The first-order valence-corrected chi connectivity index (χ1v) is 9.11. The minimum Gasteiger partial charge on any atom is -0.460 e. The zero-order valence-electron chi connectivity index (χ0n) is 14.5. The molecule has 0 saturated heterocycles. The van der Waals surface area contributed by atoms with Crippen LogP contribution in [0, 0.1) is 5.92 Å². The predicted molar refractivity (Wildman–Crippen MR) is 92.0 cm³/mol. The van der Waals surface area contributed by atoms with Gasteiger partial charge in [-0.25, -0.2) is 4.79 Å². The summed E-state index contributed by atoms with van der Waals surface area (Å²) in [6.45, 7) is 4.19. The van der Waals surface area contributed by atoms with E-state index in [1.54, 1.807) is 0 Å². The standard InChI is InChI=1S/C20H30O3/c1-3-10-18(11-4-2)23-19(21)20(22,17-14-8-9-15-17)16-12-6-5-7-13-16/h5-7,12-13,17-18,22H,3-4,8-11,14-15H2,1-2H3. The monoisotopic (exact) mass is 318 g/mol. The van der Waals surface area contributed by atoms with Gasteiger partial charge in [-0.05, 0) is 31.2 Å². The van der Waals surface area contributed by atoms with Crippen LogP contribution in [0.4, 0.5) is 0 Å². The number of esters is 1. The Bertz CT molecular complexity index is 473. The summed E-state index contributed by atoms with van der Waals surface area (Å²) in [6.07, 6.45) is 7.48. The molecule has 0 spiro atoms. The van der Waals surface area contributed by atoms with E-state index in [0.717, 1.165) is 51.4 Å². The van der Waals surface area contributed by atoms with Crippen LogP contribution in [0.5, 0.6) is 0 Å². The molecule has 2 rings (SSSR count). The number of benzene rings is 1. The molecule has 1 aromatic rings. The van der Waals surface area contributed by atoms with Gasteiger partial charge in [0.05, 0.1) is 0 Å². The summed E-state index contributed by atoms with van der Waals surface area (Å²) >= 11 is 0. The molecule has 1 unspecified atom stereocenters. The van der Waals surface area contributed by atoms with Crippen molar-refractivity contribution in [1.82, 2.24) is 0 Å². The van der Waals surface area contributed by atoms with Gasteiger partial charge >= 0.3 is 5.97 Å². The van der Waals surface area contributed by atoms with E-state index >= 15 is 0 Å². The largest absolute Gasteiger partial charge is 0.460 e. The second-order valence-corrected chi connectivity index (χ2v) is 6.72. The highest BCUT2D eigenvalue weighted by molar-refractivity contribution is 5.81. The fourth-order valence-corrected chi connectivity index (χ4v) is 3.70. The third-order valence-electron chi connectivity index (χ3n) is 4.97. The van der Waals surface area contributed by atoms with Crippen molar-refractivity contribution in [1.29, 1.82) is 0 Å². The van der Waals surface area contributed by atoms with Crippen molar-refractivity contribution in [3.05, 3.63) is 35.9 Å². The van der Waals surface area contributed by atoms with Crippen molar-refractivity contribution in [2.24, 2.45) is 5.92 Å². The van der Waals surface area contributed by atoms with Crippen LogP contribution in [-0.4, -0.2) is 17.2 Å². The maximum atomic E-state index is 12.9. The molecule has 0 aliphatic heterocycles. The van der Waals surface area contributed by atoms with Crippen LogP contribution < -0.4 is 0 Å². The molecule has 0 radical (unpaired) electrons. The van der Waals surface area contributed by atoms with E-state index in [0.29, 0.717) is 5.56 Å². The van der Waals surface area contributed by atoms with E-state index in [-0.39, 0.29) is 12.0 Å². The van der Waals surface area contributed by atoms with Gasteiger partial charge in [-0.2, -0.15) is 0 Å². The predicted octanol–water partition coefficient (Wildman–Crippen LogP) is 4.58. The normalized spacial score (nSPS) is 18.1. The minimum atomic E-state index is -1.50. The van der Waals surface area contributed by atoms with Gasteiger partial charge in [-0.1, -0.05) is 69.9 Å². The Kier molecular flexibility index (Phi) is 6.64. The van der Waals surface area contributed by atoms with Crippen molar-refractivity contribution < 1.29 is 14.6 Å². The van der Waals surface area contributed by atoms with Crippen LogP contribution in [0.15, 0.2) is 30.3 Å². The molecule has 1 aromatic carbocycles. The van der Waals surface area contributed by atoms with Gasteiger partial charge < -0.3 is 9.84 Å². The highest BCUT2D eigenvalue weighted by Crippen LogP contribution is 2.41. The maximum Gasteiger partial charge on any atom is 0.343 e. The molecule has 0 bridgehead atoms. The summed E-state index contributed by atoms with van der Waals surface area (Å²) in [5, 5.41) is 11.4. The third-order valence-corrected chi connectivity index (χ3v) is 4.97. The molecule has 0 amide bonds. The van der Waals surface area contributed by atoms with E-state index in [1.807, 2.05) is 30.3 Å². The van der Waals surface area contributed by atoms with Crippen LogP contribution in [0.25, 0.3) is 0 Å². The molecule has 1 saturated carbocycles. The first-order valence-electron chi connectivity index (χ1n) is 9.11. The molecule has 0 aromatic heterocycles. The summed E-state index contributed by atoms with van der Waals surface area (Å²) < 4.78 is 5.77. The van der Waals surface area contributed by atoms with Crippen molar-refractivity contribution in [3.8, 4) is 0 Å². The van der Waals surface area contributed by atoms with Gasteiger partial charge in [0.2, 0.25) is 0 Å². The summed E-state index contributed by atoms with van der Waals surface area (Å²) in [4.78, 5) is 12.9. The van der Waals surface area contributed by atoms with Crippen LogP contribution in [0.1, 0.15) is 70.8 Å². The van der Waals surface area contributed by atoms with Gasteiger partial charge in [0.1, 0.15) is 6.10 Å². The number of carbonyl (C=O) groups is 1. The lowest BCUT2D eigenvalue weighted by Crippen LogP contribution is -2.44. The SMILES string of the molecule is CCCC(CCC)OC(=O)C(O)(c1ccccc1)C1CCCC1. The average Bonchev–Trinajstić information content (AvgIpc) is 3.10. The molecule has 1 fully saturated rings. The first kappa shape index (κ1) is 18.0. The zero-order chi connectivity index (χ0) is 16.7. The highest BCUT2D eigenvalue weighted by Gasteiger charge is 2.48. The molecule has 23 heavy (non-hydrogen) atoms. The van der Waals surface area contributed by atoms with Crippen molar-refractivity contribution >= 4 is 5.97 Å². The van der Waals surface area contributed by atoms with Crippen LogP contribution in [0.2, 0.25) is 0 Å². The number of carbonyl (C=O) groups excluding carboxylic acids is 1. The molecule has 1 aliphatic carbocycles.